The molecular formula is C91H150N28O27S. The Kier molecular flexibility index (Phi) is 56.2. The molecule has 20 amide bonds. The van der Waals surface area contributed by atoms with Crippen LogP contribution in [0.15, 0.2) is 42.9 Å². The Bertz CT molecular complexity index is 4790. The second kappa shape index (κ2) is 64.9. The van der Waals surface area contributed by atoms with Gasteiger partial charge in [0.2, 0.25) is 118 Å². The molecule has 2 heterocycles. The number of aromatic nitrogens is 2. The normalized spacial score (nSPS) is 16.0. The maximum absolute atomic E-state index is 15.0. The first kappa shape index (κ1) is 127. The van der Waals surface area contributed by atoms with Gasteiger partial charge in [0.25, 0.3) is 0 Å². The van der Waals surface area contributed by atoms with E-state index in [4.69, 9.17) is 39.8 Å². The first-order valence-corrected chi connectivity index (χ1v) is 49.0. The maximum atomic E-state index is 15.0. The standard InChI is InChI=1S/C91H150N28O27S/c1-11-47(4)69(96)83(139)109-55(29-32-68(127)128)75(131)107-53(24-16-18-34-93)78(134)117-71(49(6)122)85(141)110-54(27-30-64(94)123)76(132)111-56(25-19-35-100-90(97)98)87(143)118(10)72(91(7,8)9)86(142)114-60(42-120)74(130)102-41-67(126)106-58(37-50-21-13-12-14-22-50)79(135)115-62(44-147)88(144)119-36-20-26-63(119)82(138)112-59(38-51-39-99-45-103-51)80(136)108-52(23-15-17-33-92)77(133)116-70(46(2)3)84(140)113-61(43-121)81(137)104-48(5)73(129)101-40-66(125)105-57(89(145)146)28-31-65(95)124/h12-14,21-22,39,45-49,52-63,69-72,120-122,147H,11,15-20,23-38,40-44,92-93,96H2,1-10H3,(H2,94,123)(H2,95,124)(H,99,103)(H,101,129)(H,102,130)(H,104,137)(H,105,125)(H,106,126)(H,107,131)(H,108,136)(H,109,139)(H,110,141)(H,111,132)(H,112,138)(H,113,140)(H,114,142)(H,115,135)(H,116,133)(H,117,134)(H,127,128)(H,145,146)(H4,97,98,100)/t47-,48-,49+,52-,53-,54-,55-,56-,57-,58-,59-,60-,61-,62-,63-,69-,70-,71-,72+/m0/s1. The summed E-state index contributed by atoms with van der Waals surface area (Å²) in [4.78, 5) is 310. The second-order valence-corrected chi connectivity index (χ2v) is 37.4. The fourth-order valence-electron chi connectivity index (χ4n) is 15.3. The number of aliphatic carboxylic acids is 2. The van der Waals surface area contributed by atoms with E-state index in [0.717, 1.165) is 23.8 Å². The molecule has 36 N–H and O–H groups in total. The molecule has 2 aromatic rings. The number of rotatable bonds is 68. The molecule has 55 nitrogen and oxygen atoms in total. The molecule has 1 aliphatic rings. The topological polar surface area (TPSA) is 896 Å². The minimum Gasteiger partial charge on any atom is -0.481 e. The first-order chi connectivity index (χ1) is 69.2. The van der Waals surface area contributed by atoms with Crippen LogP contribution < -0.4 is 125 Å². The predicted molar refractivity (Wildman–Crippen MR) is 530 cm³/mol. The van der Waals surface area contributed by atoms with Gasteiger partial charge in [-0.3, -0.25) is 106 Å². The number of aliphatic hydroxyl groups is 3. The summed E-state index contributed by atoms with van der Waals surface area (Å²) in [6.45, 7) is 9.60. The van der Waals surface area contributed by atoms with Crippen LogP contribution in [0.3, 0.4) is 0 Å². The molecule has 0 spiro atoms. The summed E-state index contributed by atoms with van der Waals surface area (Å²) < 4.78 is 0. The van der Waals surface area contributed by atoms with E-state index < -0.39 is 314 Å². The molecule has 0 unspecified atom stereocenters. The molecule has 1 fully saturated rings. The fraction of sp³-hybridized carbons (Fsp3) is 0.648. The van der Waals surface area contributed by atoms with Crippen LogP contribution in [0.4, 0.5) is 0 Å². The lowest BCUT2D eigenvalue weighted by molar-refractivity contribution is -0.146. The molecule has 0 saturated carbocycles. The number of H-pyrrole nitrogens is 1. The number of unbranched alkanes of at least 4 members (excludes halogenated alkanes) is 2. The van der Waals surface area contributed by atoms with Gasteiger partial charge in [0.15, 0.2) is 5.96 Å². The number of nitrogens with one attached hydrogen (secondary N) is 19. The third-order valence-electron chi connectivity index (χ3n) is 23.7. The molecule has 1 aliphatic heterocycles. The van der Waals surface area contributed by atoms with Crippen molar-refractivity contribution in [3.8, 4) is 0 Å². The van der Waals surface area contributed by atoms with Crippen molar-refractivity contribution in [2.75, 3.05) is 65.3 Å². The highest BCUT2D eigenvalue weighted by Crippen LogP contribution is 2.27. The van der Waals surface area contributed by atoms with Gasteiger partial charge in [-0.25, -0.2) is 9.78 Å². The van der Waals surface area contributed by atoms with E-state index in [1.165, 1.54) is 54.1 Å². The van der Waals surface area contributed by atoms with Crippen LogP contribution in [0.5, 0.6) is 0 Å². The summed E-state index contributed by atoms with van der Waals surface area (Å²) in [6, 6.07) is -18.5. The smallest absolute Gasteiger partial charge is 0.326 e. The zero-order valence-electron chi connectivity index (χ0n) is 84.4. The molecule has 19 atom stereocenters. The Balaban J connectivity index is 1.88. The molecular weight excluding hydrogens is 1950 g/mol. The van der Waals surface area contributed by atoms with Crippen molar-refractivity contribution >= 4 is 149 Å². The van der Waals surface area contributed by atoms with Crippen LogP contribution in [0.1, 0.15) is 183 Å². The molecule has 0 bridgehead atoms. The fourth-order valence-corrected chi connectivity index (χ4v) is 15.5. The van der Waals surface area contributed by atoms with Crippen molar-refractivity contribution in [2.24, 2.45) is 51.7 Å². The van der Waals surface area contributed by atoms with Crippen molar-refractivity contribution < 1.29 is 131 Å². The number of hydrogen-bond donors (Lipinski definition) is 31. The number of nitrogens with zero attached hydrogens (tertiary/aromatic N) is 3. The van der Waals surface area contributed by atoms with Gasteiger partial charge in [0.05, 0.1) is 50.5 Å². The molecule has 822 valence electrons. The van der Waals surface area contributed by atoms with Crippen LogP contribution >= 0.6 is 12.6 Å². The van der Waals surface area contributed by atoms with Crippen LogP contribution in [0.2, 0.25) is 0 Å². The lowest BCUT2D eigenvalue weighted by Gasteiger charge is -2.39. The molecule has 0 aliphatic carbocycles. The second-order valence-electron chi connectivity index (χ2n) is 37.1. The van der Waals surface area contributed by atoms with Crippen molar-refractivity contribution in [3.05, 3.63) is 54.1 Å². The van der Waals surface area contributed by atoms with E-state index in [1.807, 2.05) is 0 Å². The minimum atomic E-state index is -1.95. The summed E-state index contributed by atoms with van der Waals surface area (Å²) in [5, 5.41) is 100. The maximum Gasteiger partial charge on any atom is 0.326 e. The van der Waals surface area contributed by atoms with Gasteiger partial charge in [0, 0.05) is 64.2 Å². The highest BCUT2D eigenvalue weighted by Gasteiger charge is 2.45. The van der Waals surface area contributed by atoms with E-state index in [9.17, 15) is 126 Å². The Labute approximate surface area is 855 Å². The SMILES string of the molecule is CC[C@H](C)[C@H](N)C(=O)N[C@@H](CCC(=O)O)C(=O)N[C@@H](CCCCN)C(=O)N[C@H](C(=O)N[C@@H](CCC(N)=O)C(=O)N[C@@H](CCCNC(=N)N)C(=O)N(C)[C@H](C(=O)N[C@@H](CO)C(=O)NCC(=O)N[C@@H](Cc1ccccc1)C(=O)N[C@@H](CS)C(=O)N1CCC[C@H]1C(=O)N[C@@H](Cc1c[nH]cn1)C(=O)N[C@@H](CCCCN)C(=O)N[C@H](C(=O)N[C@@H](CO)C(=O)N[C@@H](C)C(=O)NCC(=O)N[C@@H](CCC(N)=O)C(=O)O)C(C)C)C(C)(C)C)[C@@H](C)O. The predicted octanol–water partition coefficient (Wildman–Crippen LogP) is -10.6. The van der Waals surface area contributed by atoms with Gasteiger partial charge >= 0.3 is 11.9 Å². The number of hydrogen-bond acceptors (Lipinski definition) is 31. The first-order valence-electron chi connectivity index (χ1n) is 48.3. The highest BCUT2D eigenvalue weighted by molar-refractivity contribution is 7.80. The van der Waals surface area contributed by atoms with Gasteiger partial charge in [-0.05, 0) is 133 Å². The molecule has 147 heavy (non-hydrogen) atoms. The van der Waals surface area contributed by atoms with Crippen LogP contribution in [0, 0.1) is 22.7 Å². The third kappa shape index (κ3) is 45.0. The van der Waals surface area contributed by atoms with E-state index in [2.05, 4.69) is 113 Å². The van der Waals surface area contributed by atoms with E-state index >= 15 is 4.79 Å². The quantitative estimate of drug-likeness (QED) is 0.0127. The number of benzene rings is 1. The zero-order chi connectivity index (χ0) is 111. The molecule has 3 rings (SSSR count). The van der Waals surface area contributed by atoms with E-state index in [-0.39, 0.29) is 115 Å². The van der Waals surface area contributed by atoms with E-state index in [0.29, 0.717) is 24.8 Å². The molecule has 1 saturated heterocycles. The summed E-state index contributed by atoms with van der Waals surface area (Å²) in [5.41, 5.74) is 33.2. The number of aliphatic hydroxyl groups excluding tert-OH is 3. The number of amides is 20. The van der Waals surface area contributed by atoms with Crippen LogP contribution in [0.25, 0.3) is 0 Å². The Hall–Kier alpha value is -13.8. The van der Waals surface area contributed by atoms with Crippen molar-refractivity contribution in [1.82, 2.24) is 110 Å². The number of nitrogens with two attached hydrogens (primary N) is 6. The lowest BCUT2D eigenvalue weighted by Crippen LogP contribution is -2.63. The number of guanidine groups is 1. The zero-order valence-corrected chi connectivity index (χ0v) is 85.3. The largest absolute Gasteiger partial charge is 0.481 e. The number of primary amides is 2. The summed E-state index contributed by atoms with van der Waals surface area (Å²) >= 11 is 4.40. The number of imidazole rings is 1. The lowest BCUT2D eigenvalue weighted by atomic mass is 9.84. The Morgan fingerprint density at radius 3 is 1.46 bits per heavy atom. The Morgan fingerprint density at radius 2 is 0.966 bits per heavy atom. The monoisotopic (exact) mass is 2100 g/mol. The Morgan fingerprint density at radius 1 is 0.517 bits per heavy atom. The molecule has 1 aromatic heterocycles. The number of carboxylic acids is 2. The number of likely N-dealkylation sites (N-methyl/N-ethyl adjacent to an activating group) is 1. The number of carboxylic acid groups (broad SMARTS) is 2. The van der Waals surface area contributed by atoms with Crippen LogP contribution in [-0.4, -0.2) is 355 Å². The third-order valence-corrected chi connectivity index (χ3v) is 24.1. The van der Waals surface area contributed by atoms with Gasteiger partial charge < -0.3 is 165 Å². The van der Waals surface area contributed by atoms with Crippen LogP contribution in [-0.2, 0) is 118 Å². The molecule has 0 radical (unpaired) electrons. The number of likely N-dealkylation sites (tertiary alicyclic amines) is 1. The van der Waals surface area contributed by atoms with Crippen molar-refractivity contribution in [2.45, 2.75) is 293 Å². The average Bonchev–Trinajstić information content (AvgIpc) is 1.71. The summed E-state index contributed by atoms with van der Waals surface area (Å²) in [5.74, 6) is -24.8. The van der Waals surface area contributed by atoms with Crippen molar-refractivity contribution in [1.29, 1.82) is 5.41 Å². The summed E-state index contributed by atoms with van der Waals surface area (Å²) in [6.07, 6.45) is -1.37. The number of carbonyl (C=O) groups excluding carboxylic acids is 20. The van der Waals surface area contributed by atoms with Gasteiger partial charge in [-0.15, -0.1) is 0 Å². The van der Waals surface area contributed by atoms with Gasteiger partial charge in [-0.2, -0.15) is 12.6 Å². The summed E-state index contributed by atoms with van der Waals surface area (Å²) in [7, 11) is 1.16. The van der Waals surface area contributed by atoms with Gasteiger partial charge in [-0.1, -0.05) is 85.2 Å². The number of carbonyl (C=O) groups is 22. The molecule has 56 heteroatoms. The average molecular weight is 2100 g/mol. The van der Waals surface area contributed by atoms with Gasteiger partial charge in [0.1, 0.15) is 96.7 Å². The minimum absolute atomic E-state index is 0.0197. The van der Waals surface area contributed by atoms with Crippen molar-refractivity contribution in [3.63, 3.8) is 0 Å². The highest BCUT2D eigenvalue weighted by atomic mass is 32.1. The number of thiol groups is 1. The number of aromatic amines is 1. The molecule has 1 aromatic carbocycles. The van der Waals surface area contributed by atoms with E-state index in [1.54, 1.807) is 44.2 Å².